The topological polar surface area (TPSA) is 126 Å². The van der Waals surface area contributed by atoms with Crippen molar-refractivity contribution in [3.8, 4) is 0 Å². The molecule has 1 aliphatic carbocycles. The van der Waals surface area contributed by atoms with E-state index in [4.69, 9.17) is 5.11 Å². The maximum Gasteiger partial charge on any atom is 0.358 e. The first-order valence-electron chi connectivity index (χ1n) is 6.77. The van der Waals surface area contributed by atoms with E-state index < -0.39 is 17.9 Å². The average molecular weight is 295 g/mol. The van der Waals surface area contributed by atoms with Crippen LogP contribution >= 0.6 is 0 Å². The highest BCUT2D eigenvalue weighted by Gasteiger charge is 2.24. The third kappa shape index (κ3) is 4.01. The molecule has 1 saturated carbocycles. The second-order valence-corrected chi connectivity index (χ2v) is 4.89. The number of hydrogen-bond acceptors (Lipinski definition) is 5. The van der Waals surface area contributed by atoms with Gasteiger partial charge in [0, 0.05) is 6.04 Å². The lowest BCUT2D eigenvalue weighted by atomic mass is 10.2. The quantitative estimate of drug-likeness (QED) is 0.673. The standard InChI is InChI=1S/C12H17N5O4/c1-2-3-8-10(11(19)20)15-16-17(8)6-9(18)14-12(21)13-7-4-5-7/h7H,2-6H2,1H3,(H,19,20)(H2,13,14,18,21). The predicted octanol–water partition coefficient (Wildman–Crippen LogP) is -0.0830. The van der Waals surface area contributed by atoms with Crippen LogP contribution in [0.5, 0.6) is 0 Å². The number of nitrogens with one attached hydrogen (secondary N) is 2. The number of aromatic nitrogens is 3. The third-order valence-corrected chi connectivity index (χ3v) is 2.99. The van der Waals surface area contributed by atoms with Crippen molar-refractivity contribution in [2.24, 2.45) is 0 Å². The van der Waals surface area contributed by atoms with Gasteiger partial charge in [-0.15, -0.1) is 5.10 Å². The van der Waals surface area contributed by atoms with Crippen molar-refractivity contribution in [1.82, 2.24) is 25.6 Å². The minimum atomic E-state index is -1.18. The van der Waals surface area contributed by atoms with E-state index in [9.17, 15) is 14.4 Å². The molecular weight excluding hydrogens is 278 g/mol. The van der Waals surface area contributed by atoms with Crippen LogP contribution in [0.2, 0.25) is 0 Å². The van der Waals surface area contributed by atoms with Crippen molar-refractivity contribution in [3.05, 3.63) is 11.4 Å². The normalized spacial score (nSPS) is 13.8. The Labute approximate surface area is 120 Å². The molecule has 0 spiro atoms. The smallest absolute Gasteiger partial charge is 0.358 e. The van der Waals surface area contributed by atoms with Gasteiger partial charge in [-0.05, 0) is 19.3 Å². The van der Waals surface area contributed by atoms with Gasteiger partial charge < -0.3 is 10.4 Å². The molecule has 0 atom stereocenters. The van der Waals surface area contributed by atoms with Crippen molar-refractivity contribution in [2.45, 2.75) is 45.2 Å². The lowest BCUT2D eigenvalue weighted by Gasteiger charge is -2.07. The predicted molar refractivity (Wildman–Crippen MR) is 70.7 cm³/mol. The van der Waals surface area contributed by atoms with Crippen LogP contribution in [0.25, 0.3) is 0 Å². The summed E-state index contributed by atoms with van der Waals surface area (Å²) in [6.45, 7) is 1.64. The highest BCUT2D eigenvalue weighted by Crippen LogP contribution is 2.18. The average Bonchev–Trinajstić information content (AvgIpc) is 3.11. The summed E-state index contributed by atoms with van der Waals surface area (Å²) in [7, 11) is 0. The molecule has 21 heavy (non-hydrogen) atoms. The number of carboxylic acid groups (broad SMARTS) is 1. The van der Waals surface area contributed by atoms with Crippen LogP contribution in [-0.4, -0.2) is 44.0 Å². The van der Waals surface area contributed by atoms with Crippen LogP contribution in [0.4, 0.5) is 4.79 Å². The Morgan fingerprint density at radius 2 is 2.10 bits per heavy atom. The zero-order chi connectivity index (χ0) is 15.4. The van der Waals surface area contributed by atoms with Crippen LogP contribution in [-0.2, 0) is 17.8 Å². The van der Waals surface area contributed by atoms with Gasteiger partial charge in [-0.2, -0.15) is 0 Å². The minimum Gasteiger partial charge on any atom is -0.476 e. The Morgan fingerprint density at radius 1 is 1.38 bits per heavy atom. The molecule has 1 heterocycles. The zero-order valence-corrected chi connectivity index (χ0v) is 11.6. The molecule has 3 amide bonds. The monoisotopic (exact) mass is 295 g/mol. The van der Waals surface area contributed by atoms with Crippen molar-refractivity contribution >= 4 is 17.9 Å². The second kappa shape index (κ2) is 6.33. The number of carbonyl (C=O) groups is 3. The highest BCUT2D eigenvalue weighted by atomic mass is 16.4. The van der Waals surface area contributed by atoms with Gasteiger partial charge in [-0.25, -0.2) is 14.3 Å². The maximum atomic E-state index is 11.8. The summed E-state index contributed by atoms with van der Waals surface area (Å²) in [6, 6.07) is -0.392. The summed E-state index contributed by atoms with van der Waals surface area (Å²) in [4.78, 5) is 34.2. The van der Waals surface area contributed by atoms with E-state index in [1.54, 1.807) is 0 Å². The third-order valence-electron chi connectivity index (χ3n) is 2.99. The van der Waals surface area contributed by atoms with Crippen molar-refractivity contribution in [2.75, 3.05) is 0 Å². The van der Waals surface area contributed by atoms with E-state index in [-0.39, 0.29) is 18.3 Å². The number of imide groups is 1. The number of aromatic carboxylic acids is 1. The van der Waals surface area contributed by atoms with Crippen LogP contribution in [0.3, 0.4) is 0 Å². The fraction of sp³-hybridized carbons (Fsp3) is 0.583. The first-order valence-corrected chi connectivity index (χ1v) is 6.77. The molecule has 9 nitrogen and oxygen atoms in total. The van der Waals surface area contributed by atoms with Crippen molar-refractivity contribution < 1.29 is 19.5 Å². The SMILES string of the molecule is CCCc1c(C(=O)O)nnn1CC(=O)NC(=O)NC1CC1. The number of carbonyl (C=O) groups excluding carboxylic acids is 2. The van der Waals surface area contributed by atoms with Gasteiger partial charge in [0.1, 0.15) is 6.54 Å². The molecular formula is C12H17N5O4. The molecule has 1 aromatic heterocycles. The highest BCUT2D eigenvalue weighted by molar-refractivity contribution is 5.94. The van der Waals surface area contributed by atoms with Gasteiger partial charge in [0.2, 0.25) is 5.91 Å². The van der Waals surface area contributed by atoms with Crippen molar-refractivity contribution in [1.29, 1.82) is 0 Å². The number of rotatable bonds is 6. The van der Waals surface area contributed by atoms with Crippen LogP contribution in [0.1, 0.15) is 42.4 Å². The van der Waals surface area contributed by atoms with Gasteiger partial charge in [-0.1, -0.05) is 18.6 Å². The summed E-state index contributed by atoms with van der Waals surface area (Å²) in [5.41, 5.74) is 0.217. The summed E-state index contributed by atoms with van der Waals surface area (Å²) >= 11 is 0. The van der Waals surface area contributed by atoms with Crippen LogP contribution in [0, 0.1) is 0 Å². The molecule has 1 aliphatic rings. The molecule has 114 valence electrons. The largest absolute Gasteiger partial charge is 0.476 e. The Bertz CT molecular complexity index is 564. The number of amides is 3. The van der Waals surface area contributed by atoms with E-state index in [1.165, 1.54) is 4.68 Å². The van der Waals surface area contributed by atoms with Crippen molar-refractivity contribution in [3.63, 3.8) is 0 Å². The molecule has 3 N–H and O–H groups in total. The Morgan fingerprint density at radius 3 is 2.67 bits per heavy atom. The fourth-order valence-electron chi connectivity index (χ4n) is 1.86. The minimum absolute atomic E-state index is 0.151. The van der Waals surface area contributed by atoms with Crippen LogP contribution in [0.15, 0.2) is 0 Å². The molecule has 1 aromatic rings. The molecule has 1 fully saturated rings. The van der Waals surface area contributed by atoms with E-state index in [0.29, 0.717) is 18.5 Å². The van der Waals surface area contributed by atoms with E-state index in [2.05, 4.69) is 20.9 Å². The second-order valence-electron chi connectivity index (χ2n) is 4.89. The zero-order valence-electron chi connectivity index (χ0n) is 11.6. The van der Waals surface area contributed by atoms with Crippen LogP contribution < -0.4 is 10.6 Å². The molecule has 0 unspecified atom stereocenters. The van der Waals surface area contributed by atoms with Gasteiger partial charge in [0.15, 0.2) is 5.69 Å². The summed E-state index contributed by atoms with van der Waals surface area (Å²) < 4.78 is 1.21. The molecule has 0 aromatic carbocycles. The van der Waals surface area contributed by atoms with E-state index in [0.717, 1.165) is 12.8 Å². The Balaban J connectivity index is 1.98. The maximum absolute atomic E-state index is 11.8. The van der Waals surface area contributed by atoms with Gasteiger partial charge in [0.25, 0.3) is 0 Å². The molecule has 0 aliphatic heterocycles. The Hall–Kier alpha value is -2.45. The number of urea groups is 1. The molecule has 2 rings (SSSR count). The van der Waals surface area contributed by atoms with Gasteiger partial charge in [0.05, 0.1) is 5.69 Å². The number of carboxylic acids is 1. The van der Waals surface area contributed by atoms with Gasteiger partial charge >= 0.3 is 12.0 Å². The first-order chi connectivity index (χ1) is 10.0. The lowest BCUT2D eigenvalue weighted by molar-refractivity contribution is -0.120. The van der Waals surface area contributed by atoms with Gasteiger partial charge in [-0.3, -0.25) is 10.1 Å². The number of hydrogen-bond donors (Lipinski definition) is 3. The fourth-order valence-corrected chi connectivity index (χ4v) is 1.86. The first kappa shape index (κ1) is 14.9. The Kier molecular flexibility index (Phi) is 4.51. The molecule has 0 radical (unpaired) electrons. The molecule has 0 bridgehead atoms. The summed E-state index contributed by atoms with van der Waals surface area (Å²) in [5, 5.41) is 21.0. The van der Waals surface area contributed by atoms with E-state index >= 15 is 0 Å². The lowest BCUT2D eigenvalue weighted by Crippen LogP contribution is -2.42. The summed E-state index contributed by atoms with van der Waals surface area (Å²) in [6.07, 6.45) is 2.98. The molecule has 9 heteroatoms. The number of nitrogens with zero attached hydrogens (tertiary/aromatic N) is 3. The van der Waals surface area contributed by atoms with E-state index in [1.807, 2.05) is 6.92 Å². The summed E-state index contributed by atoms with van der Waals surface area (Å²) in [5.74, 6) is -1.75. The molecule has 0 saturated heterocycles.